The molecule has 1 aliphatic rings. The van der Waals surface area contributed by atoms with Crippen LogP contribution in [-0.4, -0.2) is 33.6 Å². The first-order chi connectivity index (χ1) is 10.7. The smallest absolute Gasteiger partial charge is 0.275 e. The predicted octanol–water partition coefficient (Wildman–Crippen LogP) is 4.02. The Morgan fingerprint density at radius 3 is 3.09 bits per heavy atom. The van der Waals surface area contributed by atoms with Gasteiger partial charge in [-0.15, -0.1) is 11.3 Å². The number of nitrogens with zero attached hydrogens (tertiary/aromatic N) is 2. The summed E-state index contributed by atoms with van der Waals surface area (Å²) in [6.07, 6.45) is 7.54. The Hall–Kier alpha value is -1.88. The number of amides is 1. The number of carbonyl (C=O) groups is 1. The maximum Gasteiger partial charge on any atom is 0.275 e. The summed E-state index contributed by atoms with van der Waals surface area (Å²) in [6, 6.07) is 6.22. The van der Waals surface area contributed by atoms with Gasteiger partial charge >= 0.3 is 0 Å². The average molecular weight is 315 g/mol. The maximum atomic E-state index is 12.7. The molecule has 0 bridgehead atoms. The predicted molar refractivity (Wildman–Crippen MR) is 90.1 cm³/mol. The molecule has 1 N–H and O–H groups in total. The molecule has 0 saturated carbocycles. The molecule has 1 unspecified atom stereocenters. The van der Waals surface area contributed by atoms with E-state index in [4.69, 9.17) is 0 Å². The number of hydrogen-bond acceptors (Lipinski definition) is 3. The number of H-pyrrole nitrogens is 1. The third-order valence-corrected chi connectivity index (χ3v) is 5.01. The third-order valence-electron chi connectivity index (χ3n) is 3.98. The van der Waals surface area contributed by atoms with Gasteiger partial charge in [-0.2, -0.15) is 5.10 Å². The Morgan fingerprint density at radius 1 is 1.50 bits per heavy atom. The molecule has 1 amide bonds. The van der Waals surface area contributed by atoms with Gasteiger partial charge in [0.2, 0.25) is 0 Å². The first-order valence-electron chi connectivity index (χ1n) is 7.79. The molecular formula is C17H21N3OS. The summed E-state index contributed by atoms with van der Waals surface area (Å²) in [7, 11) is 0. The highest BCUT2D eigenvalue weighted by Gasteiger charge is 2.26. The van der Waals surface area contributed by atoms with E-state index in [0.29, 0.717) is 12.2 Å². The van der Waals surface area contributed by atoms with Gasteiger partial charge in [-0.25, -0.2) is 0 Å². The van der Waals surface area contributed by atoms with E-state index in [9.17, 15) is 4.79 Å². The molecule has 0 saturated heterocycles. The number of carbonyl (C=O) groups excluding carboxylic acids is 1. The van der Waals surface area contributed by atoms with E-state index in [1.54, 1.807) is 11.3 Å². The highest BCUT2D eigenvalue weighted by molar-refractivity contribution is 7.15. The van der Waals surface area contributed by atoms with Crippen molar-refractivity contribution in [3.8, 4) is 10.6 Å². The Labute approximate surface area is 134 Å². The van der Waals surface area contributed by atoms with Gasteiger partial charge in [0.1, 0.15) is 0 Å². The van der Waals surface area contributed by atoms with Crippen LogP contribution in [0.5, 0.6) is 0 Å². The first-order valence-corrected chi connectivity index (χ1v) is 8.60. The molecular weight excluding hydrogens is 294 g/mol. The molecule has 0 radical (unpaired) electrons. The molecule has 2 aromatic rings. The fraction of sp³-hybridized carbons (Fsp3) is 0.412. The molecule has 1 atom stereocenters. The Kier molecular flexibility index (Phi) is 4.43. The second-order valence-electron chi connectivity index (χ2n) is 5.67. The lowest BCUT2D eigenvalue weighted by atomic mass is 10.1. The van der Waals surface area contributed by atoms with Crippen molar-refractivity contribution >= 4 is 17.2 Å². The second kappa shape index (κ2) is 6.48. The minimum atomic E-state index is 0.0156. The summed E-state index contributed by atoms with van der Waals surface area (Å²) >= 11 is 1.70. The Morgan fingerprint density at radius 2 is 2.36 bits per heavy atom. The van der Waals surface area contributed by atoms with Crippen LogP contribution in [0.15, 0.2) is 30.4 Å². The molecule has 3 rings (SSSR count). The van der Waals surface area contributed by atoms with Crippen molar-refractivity contribution in [2.75, 3.05) is 6.54 Å². The van der Waals surface area contributed by atoms with Gasteiger partial charge in [0.25, 0.3) is 5.91 Å². The summed E-state index contributed by atoms with van der Waals surface area (Å²) in [6.45, 7) is 4.94. The van der Waals surface area contributed by atoms with Crippen LogP contribution >= 0.6 is 11.3 Å². The fourth-order valence-electron chi connectivity index (χ4n) is 2.75. The van der Waals surface area contributed by atoms with E-state index in [1.165, 1.54) is 4.88 Å². The molecule has 2 aromatic heterocycles. The van der Waals surface area contributed by atoms with Crippen LogP contribution in [0.25, 0.3) is 10.6 Å². The van der Waals surface area contributed by atoms with Gasteiger partial charge in [0.15, 0.2) is 5.69 Å². The molecule has 0 fully saturated rings. The number of aromatic amines is 1. The van der Waals surface area contributed by atoms with E-state index in [-0.39, 0.29) is 11.9 Å². The van der Waals surface area contributed by atoms with Crippen molar-refractivity contribution in [1.82, 2.24) is 15.1 Å². The van der Waals surface area contributed by atoms with E-state index in [2.05, 4.69) is 48.3 Å². The summed E-state index contributed by atoms with van der Waals surface area (Å²) in [4.78, 5) is 17.0. The van der Waals surface area contributed by atoms with Crippen molar-refractivity contribution in [2.45, 2.75) is 39.2 Å². The number of aryl methyl sites for hydroxylation is 1. The average Bonchev–Trinajstić information content (AvgIpc) is 3.24. The van der Waals surface area contributed by atoms with E-state index in [0.717, 1.165) is 29.8 Å². The van der Waals surface area contributed by atoms with E-state index >= 15 is 0 Å². The number of thiophene rings is 1. The third kappa shape index (κ3) is 2.99. The summed E-state index contributed by atoms with van der Waals surface area (Å²) in [5.74, 6) is 0.0156. The standard InChI is InChI=1S/C17H21N3OS/c1-3-4-6-13-7-5-10-20(13)17(21)15-11-14(18-19-15)16-9-8-12(2)22-16/h5,7-9,11,13H,3-4,6,10H2,1-2H3,(H,18,19). The van der Waals surface area contributed by atoms with Crippen molar-refractivity contribution in [2.24, 2.45) is 0 Å². The van der Waals surface area contributed by atoms with Crippen LogP contribution in [0.2, 0.25) is 0 Å². The number of unbranched alkanes of at least 4 members (excludes halogenated alkanes) is 1. The molecule has 4 nitrogen and oxygen atoms in total. The van der Waals surface area contributed by atoms with Crippen LogP contribution < -0.4 is 0 Å². The molecule has 5 heteroatoms. The van der Waals surface area contributed by atoms with Crippen molar-refractivity contribution in [3.05, 3.63) is 40.9 Å². The maximum absolute atomic E-state index is 12.7. The van der Waals surface area contributed by atoms with Crippen molar-refractivity contribution in [3.63, 3.8) is 0 Å². The molecule has 116 valence electrons. The lowest BCUT2D eigenvalue weighted by Gasteiger charge is -2.23. The van der Waals surface area contributed by atoms with Gasteiger partial charge in [-0.3, -0.25) is 9.89 Å². The van der Waals surface area contributed by atoms with Crippen LogP contribution in [0, 0.1) is 6.92 Å². The SMILES string of the molecule is CCCCC1C=CCN1C(=O)c1cc(-c2ccc(C)s2)[nH]n1. The van der Waals surface area contributed by atoms with Gasteiger partial charge in [-0.1, -0.05) is 31.9 Å². The van der Waals surface area contributed by atoms with E-state index < -0.39 is 0 Å². The topological polar surface area (TPSA) is 49.0 Å². The zero-order valence-corrected chi connectivity index (χ0v) is 13.8. The number of aromatic nitrogens is 2. The zero-order chi connectivity index (χ0) is 15.5. The molecule has 3 heterocycles. The normalized spacial score (nSPS) is 17.4. The number of nitrogens with one attached hydrogen (secondary N) is 1. The molecule has 0 aromatic carbocycles. The Balaban J connectivity index is 1.74. The summed E-state index contributed by atoms with van der Waals surface area (Å²) in [5.41, 5.74) is 1.42. The molecule has 22 heavy (non-hydrogen) atoms. The highest BCUT2D eigenvalue weighted by atomic mass is 32.1. The number of rotatable bonds is 5. The largest absolute Gasteiger partial charge is 0.327 e. The van der Waals surface area contributed by atoms with Crippen molar-refractivity contribution < 1.29 is 4.79 Å². The van der Waals surface area contributed by atoms with Crippen LogP contribution in [-0.2, 0) is 0 Å². The first kappa shape index (κ1) is 15.0. The zero-order valence-electron chi connectivity index (χ0n) is 13.0. The Bertz CT molecular complexity index is 686. The van der Waals surface area contributed by atoms with Crippen LogP contribution in [0.3, 0.4) is 0 Å². The van der Waals surface area contributed by atoms with E-state index in [1.807, 2.05) is 11.0 Å². The lowest BCUT2D eigenvalue weighted by Crippen LogP contribution is -2.36. The van der Waals surface area contributed by atoms with Crippen LogP contribution in [0.1, 0.15) is 41.6 Å². The minimum Gasteiger partial charge on any atom is -0.327 e. The summed E-state index contributed by atoms with van der Waals surface area (Å²) < 4.78 is 0. The van der Waals surface area contributed by atoms with Crippen LogP contribution in [0.4, 0.5) is 0 Å². The monoisotopic (exact) mass is 315 g/mol. The fourth-order valence-corrected chi connectivity index (χ4v) is 3.59. The van der Waals surface area contributed by atoms with Gasteiger partial charge in [-0.05, 0) is 31.5 Å². The van der Waals surface area contributed by atoms with Gasteiger partial charge < -0.3 is 4.90 Å². The summed E-state index contributed by atoms with van der Waals surface area (Å²) in [5, 5.41) is 7.21. The molecule has 0 spiro atoms. The minimum absolute atomic E-state index is 0.0156. The van der Waals surface area contributed by atoms with Crippen molar-refractivity contribution in [1.29, 1.82) is 0 Å². The molecule has 1 aliphatic heterocycles. The van der Waals surface area contributed by atoms with Gasteiger partial charge in [0.05, 0.1) is 16.6 Å². The lowest BCUT2D eigenvalue weighted by molar-refractivity contribution is 0.0737. The quantitative estimate of drug-likeness (QED) is 0.847. The second-order valence-corrected chi connectivity index (χ2v) is 6.96. The van der Waals surface area contributed by atoms with Gasteiger partial charge in [0, 0.05) is 11.4 Å². The highest BCUT2D eigenvalue weighted by Crippen LogP contribution is 2.27. The number of hydrogen-bond donors (Lipinski definition) is 1. The molecule has 0 aliphatic carbocycles.